The molecule has 6 nitrogen and oxygen atoms in total. The first kappa shape index (κ1) is 13.3. The van der Waals surface area contributed by atoms with Crippen LogP contribution in [0.4, 0.5) is 5.69 Å². The Hall–Kier alpha value is -2.11. The molecule has 1 aliphatic heterocycles. The van der Waals surface area contributed by atoms with Gasteiger partial charge in [-0.1, -0.05) is 0 Å². The highest BCUT2D eigenvalue weighted by Crippen LogP contribution is 2.24. The summed E-state index contributed by atoms with van der Waals surface area (Å²) in [5, 5.41) is 8.78. The molecule has 0 bridgehead atoms. The minimum atomic E-state index is -1.02. The molecule has 1 aromatic rings. The van der Waals surface area contributed by atoms with Crippen LogP contribution in [-0.4, -0.2) is 35.1 Å². The molecule has 1 fully saturated rings. The van der Waals surface area contributed by atoms with Crippen LogP contribution in [0.2, 0.25) is 0 Å². The van der Waals surface area contributed by atoms with Gasteiger partial charge in [-0.25, -0.2) is 9.78 Å². The Morgan fingerprint density at radius 3 is 2.53 bits per heavy atom. The third-order valence-electron chi connectivity index (χ3n) is 3.44. The quantitative estimate of drug-likeness (QED) is 0.840. The maximum absolute atomic E-state index is 10.9. The molecule has 0 aliphatic carbocycles. The average Bonchev–Trinajstić information content (AvgIpc) is 2.39. The molecule has 0 saturated carbocycles. The third kappa shape index (κ3) is 3.43. The van der Waals surface area contributed by atoms with Crippen molar-refractivity contribution in [2.45, 2.75) is 19.3 Å². The SMILES string of the molecule is NC(=O)CC1CCN(c2ccc(C(=O)O)nc2)CC1. The number of aromatic nitrogens is 1. The van der Waals surface area contributed by atoms with Crippen LogP contribution in [0.15, 0.2) is 18.3 Å². The maximum Gasteiger partial charge on any atom is 0.354 e. The van der Waals surface area contributed by atoms with Gasteiger partial charge in [-0.2, -0.15) is 0 Å². The van der Waals surface area contributed by atoms with Gasteiger partial charge in [-0.15, -0.1) is 0 Å². The number of aromatic carboxylic acids is 1. The number of carboxylic acid groups (broad SMARTS) is 1. The van der Waals surface area contributed by atoms with E-state index in [2.05, 4.69) is 9.88 Å². The molecule has 0 radical (unpaired) electrons. The van der Waals surface area contributed by atoms with Gasteiger partial charge in [-0.3, -0.25) is 4.79 Å². The van der Waals surface area contributed by atoms with E-state index in [0.717, 1.165) is 31.6 Å². The number of nitrogens with zero attached hydrogens (tertiary/aromatic N) is 2. The molecule has 3 N–H and O–H groups in total. The summed E-state index contributed by atoms with van der Waals surface area (Å²) < 4.78 is 0. The van der Waals surface area contributed by atoms with Gasteiger partial charge in [0.05, 0.1) is 11.9 Å². The van der Waals surface area contributed by atoms with Crippen LogP contribution in [0.3, 0.4) is 0 Å². The number of hydrogen-bond donors (Lipinski definition) is 2. The van der Waals surface area contributed by atoms with E-state index >= 15 is 0 Å². The fraction of sp³-hybridized carbons (Fsp3) is 0.462. The van der Waals surface area contributed by atoms with Gasteiger partial charge in [0, 0.05) is 19.5 Å². The fourth-order valence-corrected chi connectivity index (χ4v) is 2.38. The van der Waals surface area contributed by atoms with Crippen molar-refractivity contribution < 1.29 is 14.7 Å². The molecule has 102 valence electrons. The normalized spacial score (nSPS) is 16.3. The number of carbonyl (C=O) groups excluding carboxylic acids is 1. The Morgan fingerprint density at radius 2 is 2.05 bits per heavy atom. The topological polar surface area (TPSA) is 96.5 Å². The lowest BCUT2D eigenvalue weighted by Gasteiger charge is -2.33. The number of primary amides is 1. The molecule has 0 aromatic carbocycles. The average molecular weight is 263 g/mol. The second kappa shape index (κ2) is 5.69. The van der Waals surface area contributed by atoms with Crippen molar-refractivity contribution in [3.63, 3.8) is 0 Å². The Bertz CT molecular complexity index is 465. The summed E-state index contributed by atoms with van der Waals surface area (Å²) in [4.78, 5) is 27.6. The highest BCUT2D eigenvalue weighted by Gasteiger charge is 2.21. The highest BCUT2D eigenvalue weighted by atomic mass is 16.4. The molecule has 2 rings (SSSR count). The Balaban J connectivity index is 1.94. The van der Waals surface area contributed by atoms with E-state index in [9.17, 15) is 9.59 Å². The highest BCUT2D eigenvalue weighted by molar-refractivity contribution is 5.85. The molecule has 1 amide bonds. The first-order valence-electron chi connectivity index (χ1n) is 6.29. The van der Waals surface area contributed by atoms with Gasteiger partial charge in [-0.05, 0) is 30.9 Å². The molecule has 1 aromatic heterocycles. The maximum atomic E-state index is 10.9. The van der Waals surface area contributed by atoms with Gasteiger partial charge in [0.25, 0.3) is 0 Å². The van der Waals surface area contributed by atoms with Crippen molar-refractivity contribution in [3.8, 4) is 0 Å². The van der Waals surface area contributed by atoms with E-state index < -0.39 is 5.97 Å². The predicted molar refractivity (Wildman–Crippen MR) is 69.9 cm³/mol. The van der Waals surface area contributed by atoms with E-state index in [1.165, 1.54) is 6.07 Å². The van der Waals surface area contributed by atoms with Crippen molar-refractivity contribution in [1.82, 2.24) is 4.98 Å². The molecule has 19 heavy (non-hydrogen) atoms. The number of rotatable bonds is 4. The zero-order valence-electron chi connectivity index (χ0n) is 10.6. The van der Waals surface area contributed by atoms with Gasteiger partial charge >= 0.3 is 5.97 Å². The van der Waals surface area contributed by atoms with Crippen LogP contribution in [0.1, 0.15) is 29.8 Å². The lowest BCUT2D eigenvalue weighted by molar-refractivity contribution is -0.119. The number of carboxylic acids is 1. The fourth-order valence-electron chi connectivity index (χ4n) is 2.38. The predicted octanol–water partition coefficient (Wildman–Crippen LogP) is 0.872. The summed E-state index contributed by atoms with van der Waals surface area (Å²) in [5.41, 5.74) is 6.16. The first-order chi connectivity index (χ1) is 9.06. The molecule has 0 spiro atoms. The molecule has 1 aliphatic rings. The first-order valence-corrected chi connectivity index (χ1v) is 6.29. The summed E-state index contributed by atoms with van der Waals surface area (Å²) in [6, 6.07) is 3.28. The number of pyridine rings is 1. The van der Waals surface area contributed by atoms with E-state index in [-0.39, 0.29) is 11.6 Å². The Morgan fingerprint density at radius 1 is 1.37 bits per heavy atom. The van der Waals surface area contributed by atoms with Crippen molar-refractivity contribution in [3.05, 3.63) is 24.0 Å². The Kier molecular flexibility index (Phi) is 3.99. The lowest BCUT2D eigenvalue weighted by Crippen LogP contribution is -2.35. The smallest absolute Gasteiger partial charge is 0.354 e. The van der Waals surface area contributed by atoms with Gasteiger partial charge in [0.1, 0.15) is 5.69 Å². The molecule has 2 heterocycles. The van der Waals surface area contributed by atoms with Crippen molar-refractivity contribution in [2.75, 3.05) is 18.0 Å². The van der Waals surface area contributed by atoms with Gasteiger partial charge in [0.15, 0.2) is 0 Å². The van der Waals surface area contributed by atoms with Crippen LogP contribution in [0.5, 0.6) is 0 Å². The lowest BCUT2D eigenvalue weighted by atomic mass is 9.93. The summed E-state index contributed by atoms with van der Waals surface area (Å²) in [5.74, 6) is -0.905. The van der Waals surface area contributed by atoms with E-state index in [0.29, 0.717) is 12.3 Å². The molecular weight excluding hydrogens is 246 g/mol. The molecule has 6 heteroatoms. The summed E-state index contributed by atoms with van der Waals surface area (Å²) in [6.45, 7) is 1.68. The minimum absolute atomic E-state index is 0.0485. The molecular formula is C13H17N3O3. The monoisotopic (exact) mass is 263 g/mol. The number of amides is 1. The Labute approximate surface area is 111 Å². The minimum Gasteiger partial charge on any atom is -0.477 e. The largest absolute Gasteiger partial charge is 0.477 e. The molecule has 0 unspecified atom stereocenters. The van der Waals surface area contributed by atoms with Crippen LogP contribution in [0.25, 0.3) is 0 Å². The van der Waals surface area contributed by atoms with Crippen LogP contribution < -0.4 is 10.6 Å². The van der Waals surface area contributed by atoms with Crippen LogP contribution in [0, 0.1) is 5.92 Å². The van der Waals surface area contributed by atoms with Crippen LogP contribution >= 0.6 is 0 Å². The van der Waals surface area contributed by atoms with Crippen molar-refractivity contribution in [2.24, 2.45) is 11.7 Å². The van der Waals surface area contributed by atoms with Gasteiger partial charge in [0.2, 0.25) is 5.91 Å². The third-order valence-corrected chi connectivity index (χ3v) is 3.44. The van der Waals surface area contributed by atoms with Gasteiger partial charge < -0.3 is 15.7 Å². The number of piperidine rings is 1. The number of nitrogens with two attached hydrogens (primary N) is 1. The van der Waals surface area contributed by atoms with Crippen molar-refractivity contribution in [1.29, 1.82) is 0 Å². The number of anilines is 1. The van der Waals surface area contributed by atoms with E-state index in [1.807, 2.05) is 0 Å². The molecule has 1 saturated heterocycles. The van der Waals surface area contributed by atoms with Crippen LogP contribution in [-0.2, 0) is 4.79 Å². The second-order valence-electron chi connectivity index (χ2n) is 4.81. The summed E-state index contributed by atoms with van der Waals surface area (Å²) >= 11 is 0. The molecule has 0 atom stereocenters. The van der Waals surface area contributed by atoms with E-state index in [4.69, 9.17) is 10.8 Å². The second-order valence-corrected chi connectivity index (χ2v) is 4.81. The number of hydrogen-bond acceptors (Lipinski definition) is 4. The standard InChI is InChI=1S/C13H17N3O3/c14-12(17)7-9-3-5-16(6-4-9)10-1-2-11(13(18)19)15-8-10/h1-2,8-9H,3-7H2,(H2,14,17)(H,18,19). The van der Waals surface area contributed by atoms with E-state index in [1.54, 1.807) is 12.3 Å². The number of carbonyl (C=O) groups is 2. The van der Waals surface area contributed by atoms with Crippen molar-refractivity contribution >= 4 is 17.6 Å². The summed E-state index contributed by atoms with van der Waals surface area (Å²) in [7, 11) is 0. The zero-order chi connectivity index (χ0) is 13.8. The summed E-state index contributed by atoms with van der Waals surface area (Å²) in [6.07, 6.45) is 3.87. The zero-order valence-corrected chi connectivity index (χ0v) is 10.6.